The summed E-state index contributed by atoms with van der Waals surface area (Å²) >= 11 is 1.02. The molecule has 0 fully saturated rings. The Morgan fingerprint density at radius 2 is 2.12 bits per heavy atom. The molecule has 0 radical (unpaired) electrons. The van der Waals surface area contributed by atoms with Crippen molar-refractivity contribution in [2.75, 3.05) is 36.2 Å². The molecule has 0 aromatic carbocycles. The number of hydrogen-bond donors (Lipinski definition) is 2. The van der Waals surface area contributed by atoms with Crippen LogP contribution in [0.25, 0.3) is 0 Å². The van der Waals surface area contributed by atoms with Crippen LogP contribution in [0.5, 0.6) is 0 Å². The minimum atomic E-state index is -3.06. The van der Waals surface area contributed by atoms with Crippen LogP contribution in [0, 0.1) is 0 Å². The number of nitrogens with zero attached hydrogens (tertiary/aromatic N) is 2. The number of anilines is 2. The Morgan fingerprint density at radius 1 is 1.53 bits per heavy atom. The number of carbonyl (C=O) groups is 1. The molecule has 1 aromatic heterocycles. The highest BCUT2D eigenvalue weighted by Crippen LogP contribution is 2.29. The van der Waals surface area contributed by atoms with E-state index in [0.29, 0.717) is 5.00 Å². The molecule has 1 aromatic rings. The van der Waals surface area contributed by atoms with Crippen LogP contribution in [0.4, 0.5) is 10.8 Å². The molecule has 1 amide bonds. The van der Waals surface area contributed by atoms with Gasteiger partial charge in [-0.05, 0) is 11.5 Å². The van der Waals surface area contributed by atoms with E-state index >= 15 is 0 Å². The summed E-state index contributed by atoms with van der Waals surface area (Å²) in [6.07, 6.45) is 1.15. The Kier molecular flexibility index (Phi) is 3.94. The second-order valence-corrected chi connectivity index (χ2v) is 6.68. The molecule has 0 unspecified atom stereocenters. The van der Waals surface area contributed by atoms with Crippen molar-refractivity contribution in [1.82, 2.24) is 4.37 Å². The molecule has 4 N–H and O–H groups in total. The van der Waals surface area contributed by atoms with Crippen LogP contribution < -0.4 is 16.4 Å². The number of nitrogen functional groups attached to an aromatic ring is 1. The van der Waals surface area contributed by atoms with Gasteiger partial charge in [0.2, 0.25) is 0 Å². The molecule has 0 aliphatic heterocycles. The Morgan fingerprint density at radius 3 is 2.59 bits per heavy atom. The normalized spacial score (nSPS) is 11.4. The van der Waals surface area contributed by atoms with Gasteiger partial charge in [-0.15, -0.1) is 0 Å². The van der Waals surface area contributed by atoms with E-state index in [2.05, 4.69) is 4.37 Å². The van der Waals surface area contributed by atoms with E-state index in [0.717, 1.165) is 17.8 Å². The van der Waals surface area contributed by atoms with Gasteiger partial charge >= 0.3 is 0 Å². The monoisotopic (exact) mass is 278 g/mol. The van der Waals surface area contributed by atoms with Crippen LogP contribution >= 0.6 is 11.5 Å². The fraction of sp³-hybridized carbons (Fsp3) is 0.500. The van der Waals surface area contributed by atoms with Gasteiger partial charge in [0, 0.05) is 19.8 Å². The van der Waals surface area contributed by atoms with Crippen LogP contribution in [0.15, 0.2) is 0 Å². The molecule has 0 aliphatic carbocycles. The van der Waals surface area contributed by atoms with Crippen molar-refractivity contribution in [3.8, 4) is 0 Å². The van der Waals surface area contributed by atoms with Gasteiger partial charge in [0.1, 0.15) is 20.4 Å². The van der Waals surface area contributed by atoms with Gasteiger partial charge in [-0.3, -0.25) is 4.79 Å². The van der Waals surface area contributed by atoms with Crippen LogP contribution in [0.1, 0.15) is 10.4 Å². The maximum absolute atomic E-state index is 11.2. The first-order chi connectivity index (χ1) is 7.72. The summed E-state index contributed by atoms with van der Waals surface area (Å²) in [4.78, 5) is 12.8. The molecule has 0 atom stereocenters. The van der Waals surface area contributed by atoms with Gasteiger partial charge in [0.15, 0.2) is 5.82 Å². The van der Waals surface area contributed by atoms with Crippen molar-refractivity contribution >= 4 is 38.1 Å². The van der Waals surface area contributed by atoms with E-state index in [-0.39, 0.29) is 23.7 Å². The topological polar surface area (TPSA) is 119 Å². The first-order valence-corrected chi connectivity index (χ1v) is 7.49. The van der Waals surface area contributed by atoms with E-state index in [1.807, 2.05) is 0 Å². The quantitative estimate of drug-likeness (QED) is 0.735. The Labute approximate surface area is 103 Å². The highest BCUT2D eigenvalue weighted by atomic mass is 32.2. The lowest BCUT2D eigenvalue weighted by atomic mass is 10.3. The van der Waals surface area contributed by atoms with E-state index in [9.17, 15) is 13.2 Å². The van der Waals surface area contributed by atoms with Crippen LogP contribution in [-0.2, 0) is 9.84 Å². The number of nitrogens with two attached hydrogens (primary N) is 2. The van der Waals surface area contributed by atoms with Gasteiger partial charge in [-0.25, -0.2) is 8.42 Å². The van der Waals surface area contributed by atoms with Gasteiger partial charge in [0.05, 0.1) is 5.75 Å². The molecule has 1 rings (SSSR count). The number of amides is 1. The number of sulfone groups is 1. The number of carbonyl (C=O) groups excluding carboxylic acids is 1. The fourth-order valence-corrected chi connectivity index (χ4v) is 2.60. The van der Waals surface area contributed by atoms with Crippen LogP contribution in [0.3, 0.4) is 0 Å². The summed E-state index contributed by atoms with van der Waals surface area (Å²) in [5, 5.41) is 0.485. The molecule has 7 nitrogen and oxygen atoms in total. The average Bonchev–Trinajstić information content (AvgIpc) is 2.55. The molecular weight excluding hydrogens is 264 g/mol. The highest BCUT2D eigenvalue weighted by Gasteiger charge is 2.20. The summed E-state index contributed by atoms with van der Waals surface area (Å²) in [6.45, 7) is 0.251. The molecule has 1 heterocycles. The molecule has 0 saturated heterocycles. The number of rotatable bonds is 5. The molecule has 0 spiro atoms. The maximum Gasteiger partial charge on any atom is 0.255 e. The fourth-order valence-electron chi connectivity index (χ4n) is 1.19. The van der Waals surface area contributed by atoms with Gasteiger partial charge < -0.3 is 16.4 Å². The zero-order valence-corrected chi connectivity index (χ0v) is 11.1. The van der Waals surface area contributed by atoms with Crippen molar-refractivity contribution < 1.29 is 13.2 Å². The van der Waals surface area contributed by atoms with Gasteiger partial charge in [-0.1, -0.05) is 0 Å². The van der Waals surface area contributed by atoms with Crippen LogP contribution in [-0.4, -0.2) is 44.3 Å². The standard InChI is InChI=1S/C8H14N4O3S2/c1-12(3-4-17(2,14)15)8-5(7(10)13)6(9)11-16-8/h3-4H2,1-2H3,(H2,9,11)(H2,10,13). The molecule has 96 valence electrons. The highest BCUT2D eigenvalue weighted by molar-refractivity contribution is 7.90. The average molecular weight is 278 g/mol. The predicted molar refractivity (Wildman–Crippen MR) is 68.0 cm³/mol. The molecule has 0 saturated carbocycles. The Bertz CT molecular complexity index is 523. The van der Waals surface area contributed by atoms with E-state index in [4.69, 9.17) is 11.5 Å². The van der Waals surface area contributed by atoms with Gasteiger partial charge in [0.25, 0.3) is 5.91 Å². The van der Waals surface area contributed by atoms with Crippen LogP contribution in [0.2, 0.25) is 0 Å². The Balaban J connectivity index is 2.90. The second-order valence-electron chi connectivity index (χ2n) is 3.66. The van der Waals surface area contributed by atoms with E-state index in [1.54, 1.807) is 11.9 Å². The summed E-state index contributed by atoms with van der Waals surface area (Å²) in [7, 11) is -1.40. The first-order valence-electron chi connectivity index (χ1n) is 4.66. The summed E-state index contributed by atoms with van der Waals surface area (Å²) in [6, 6.07) is 0. The number of hydrogen-bond acceptors (Lipinski definition) is 7. The Hall–Kier alpha value is -1.35. The zero-order chi connectivity index (χ0) is 13.2. The third kappa shape index (κ3) is 3.56. The minimum Gasteiger partial charge on any atom is -0.382 e. The van der Waals surface area contributed by atoms with Crippen molar-refractivity contribution in [3.63, 3.8) is 0 Å². The first kappa shape index (κ1) is 13.7. The van der Waals surface area contributed by atoms with Crippen molar-refractivity contribution in [1.29, 1.82) is 0 Å². The minimum absolute atomic E-state index is 0.0144. The summed E-state index contributed by atoms with van der Waals surface area (Å²) in [5.41, 5.74) is 10.8. The molecule has 0 bridgehead atoms. The number of aromatic nitrogens is 1. The summed E-state index contributed by atoms with van der Waals surface area (Å²) < 4.78 is 25.9. The van der Waals surface area contributed by atoms with Crippen molar-refractivity contribution in [2.24, 2.45) is 5.73 Å². The van der Waals surface area contributed by atoms with E-state index < -0.39 is 15.7 Å². The molecular formula is C8H14N4O3S2. The second kappa shape index (κ2) is 4.88. The molecule has 9 heteroatoms. The predicted octanol–water partition coefficient (Wildman–Crippen LogP) is -0.695. The SMILES string of the molecule is CN(CCS(C)(=O)=O)c1snc(N)c1C(N)=O. The van der Waals surface area contributed by atoms with Gasteiger partial charge in [-0.2, -0.15) is 4.37 Å². The van der Waals surface area contributed by atoms with Crippen molar-refractivity contribution in [2.45, 2.75) is 0 Å². The smallest absolute Gasteiger partial charge is 0.255 e. The lowest BCUT2D eigenvalue weighted by Gasteiger charge is -2.16. The van der Waals surface area contributed by atoms with Crippen molar-refractivity contribution in [3.05, 3.63) is 5.56 Å². The maximum atomic E-state index is 11.2. The third-order valence-corrected chi connectivity index (χ3v) is 3.99. The zero-order valence-electron chi connectivity index (χ0n) is 9.50. The van der Waals surface area contributed by atoms with E-state index in [1.165, 1.54) is 0 Å². The largest absolute Gasteiger partial charge is 0.382 e. The molecule has 0 aliphatic rings. The summed E-state index contributed by atoms with van der Waals surface area (Å²) in [5.74, 6) is -0.611. The molecule has 17 heavy (non-hydrogen) atoms. The lowest BCUT2D eigenvalue weighted by molar-refractivity contribution is 0.100. The third-order valence-electron chi connectivity index (χ3n) is 2.09. The number of primary amides is 1. The lowest BCUT2D eigenvalue weighted by Crippen LogP contribution is -2.26.